The lowest BCUT2D eigenvalue weighted by atomic mass is 9.63. The van der Waals surface area contributed by atoms with Gasteiger partial charge in [0, 0.05) is 45.6 Å². The number of esters is 2. The Labute approximate surface area is 501 Å². The van der Waals surface area contributed by atoms with E-state index in [1.54, 1.807) is 24.3 Å². The van der Waals surface area contributed by atoms with Crippen LogP contribution in [-0.4, -0.2) is 79.2 Å². The maximum Gasteiger partial charge on any atom is 0.343 e. The lowest BCUT2D eigenvalue weighted by Gasteiger charge is -2.39. The number of ether oxygens (including phenoxy) is 4. The molecule has 84 heavy (non-hydrogen) atoms. The molecule has 10 nitrogen and oxygen atoms in total. The Balaban J connectivity index is 0.000000241. The maximum atomic E-state index is 12.5. The number of aliphatic hydroxyl groups is 4. The topological polar surface area (TPSA) is 159 Å². The van der Waals surface area contributed by atoms with Crippen molar-refractivity contribution in [2.45, 2.75) is 209 Å². The molecule has 4 heterocycles. The molecule has 448 valence electrons. The molecule has 4 aliphatic heterocycles. The zero-order chi connectivity index (χ0) is 61.8. The average molecular weight is 1140 g/mol. The number of carbonyl (C=O) groups is 2. The molecule has 0 aromatic heterocycles. The van der Waals surface area contributed by atoms with Crippen LogP contribution >= 0.6 is 0 Å². The minimum atomic E-state index is -0.491. The van der Waals surface area contributed by atoms with E-state index in [-0.39, 0.29) is 58.0 Å². The van der Waals surface area contributed by atoms with E-state index in [1.165, 1.54) is 11.1 Å². The van der Waals surface area contributed by atoms with Crippen LogP contribution in [0.3, 0.4) is 0 Å². The normalized spacial score (nSPS) is 33.7. The van der Waals surface area contributed by atoms with Crippen molar-refractivity contribution >= 4 is 11.9 Å². The van der Waals surface area contributed by atoms with Gasteiger partial charge in [0.15, 0.2) is 0 Å². The summed E-state index contributed by atoms with van der Waals surface area (Å²) in [6.45, 7) is 33.1. The zero-order valence-electron chi connectivity index (χ0n) is 52.8. The van der Waals surface area contributed by atoms with E-state index in [4.69, 9.17) is 18.9 Å². The first kappa shape index (κ1) is 65.2. The molecular weight excluding hydrogens is 1050 g/mol. The Morgan fingerprint density at radius 3 is 1.17 bits per heavy atom. The number of cyclic esters (lactones) is 2. The fraction of sp³-hybridized carbons (Fsp3) is 0.486. The highest BCUT2D eigenvalue weighted by Crippen LogP contribution is 2.67. The summed E-state index contributed by atoms with van der Waals surface area (Å²) in [4.78, 5) is 25.0. The van der Waals surface area contributed by atoms with Crippen LogP contribution < -0.4 is 0 Å². The second kappa shape index (κ2) is 25.3. The second-order valence-electron chi connectivity index (χ2n) is 27.5. The predicted molar refractivity (Wildman–Crippen MR) is 336 cm³/mol. The second-order valence-corrected chi connectivity index (χ2v) is 27.5. The van der Waals surface area contributed by atoms with E-state index < -0.39 is 22.4 Å². The van der Waals surface area contributed by atoms with Crippen LogP contribution in [0.4, 0.5) is 0 Å². The van der Waals surface area contributed by atoms with Crippen molar-refractivity contribution in [2.24, 2.45) is 21.7 Å². The van der Waals surface area contributed by atoms with Gasteiger partial charge in [-0.15, -0.1) is 0 Å². The SMILES string of the molecule is CC1=C(C#C/C(C)=C/C=C/C=C/C=C(C)/C=C2C=C(/C=C/C34OC3(C)CC(O)CC4(C)C)C(=O)O/2)C(C)(C)CC(O)C1.CC1=C(C#C/C(C)=C/C=C/C=C/C=C(C)/C=C2C=C(/C=C/C34OC3(C)CC(O)CC4(C)C)C(=O)O/2)C(C)(C)CC(O)C1. The fourth-order valence-electron chi connectivity index (χ4n) is 13.9. The molecule has 0 radical (unpaired) electrons. The Morgan fingerprint density at radius 1 is 0.488 bits per heavy atom. The molecule has 10 heteroatoms. The van der Waals surface area contributed by atoms with Crippen molar-refractivity contribution in [3.05, 3.63) is 189 Å². The van der Waals surface area contributed by atoms with Gasteiger partial charge in [-0.2, -0.15) is 0 Å². The van der Waals surface area contributed by atoms with Crippen LogP contribution in [0.1, 0.15) is 162 Å². The number of rotatable bonds is 12. The van der Waals surface area contributed by atoms with E-state index in [2.05, 4.69) is 92.9 Å². The van der Waals surface area contributed by atoms with Crippen LogP contribution in [0.15, 0.2) is 189 Å². The molecule has 0 bridgehead atoms. The lowest BCUT2D eigenvalue weighted by Crippen LogP contribution is -2.46. The number of hydrogen-bond donors (Lipinski definition) is 4. The van der Waals surface area contributed by atoms with Gasteiger partial charge >= 0.3 is 11.9 Å². The van der Waals surface area contributed by atoms with E-state index in [0.29, 0.717) is 61.2 Å². The predicted octanol–water partition coefficient (Wildman–Crippen LogP) is 14.2. The van der Waals surface area contributed by atoms with Gasteiger partial charge < -0.3 is 39.4 Å². The quantitative estimate of drug-likeness (QED) is 0.0641. The van der Waals surface area contributed by atoms with Gasteiger partial charge in [-0.25, -0.2) is 9.59 Å². The van der Waals surface area contributed by atoms with Crippen molar-refractivity contribution in [1.82, 2.24) is 0 Å². The summed E-state index contributed by atoms with van der Waals surface area (Å²) < 4.78 is 23.3. The summed E-state index contributed by atoms with van der Waals surface area (Å²) >= 11 is 0. The van der Waals surface area contributed by atoms with E-state index in [1.807, 2.05) is 139 Å². The molecular formula is C74H92O10. The van der Waals surface area contributed by atoms with E-state index in [9.17, 15) is 30.0 Å². The van der Waals surface area contributed by atoms with E-state index >= 15 is 0 Å². The Kier molecular flexibility index (Phi) is 19.7. The van der Waals surface area contributed by atoms with Crippen molar-refractivity contribution < 1.29 is 49.0 Å². The van der Waals surface area contributed by atoms with Crippen molar-refractivity contribution in [1.29, 1.82) is 0 Å². The van der Waals surface area contributed by atoms with Crippen molar-refractivity contribution in [3.63, 3.8) is 0 Å². The zero-order valence-corrected chi connectivity index (χ0v) is 52.8. The fourth-order valence-corrected chi connectivity index (χ4v) is 13.9. The Hall–Kier alpha value is -6.34. The molecule has 0 aromatic rings. The monoisotopic (exact) mass is 1140 g/mol. The highest BCUT2D eigenvalue weighted by molar-refractivity contribution is 5.96. The first-order valence-electron chi connectivity index (χ1n) is 29.8. The number of epoxide rings is 2. The number of allylic oxidation sites excluding steroid dienone is 22. The summed E-state index contributed by atoms with van der Waals surface area (Å²) in [7, 11) is 0. The van der Waals surface area contributed by atoms with Crippen molar-refractivity contribution in [3.8, 4) is 23.7 Å². The number of hydrogen-bond acceptors (Lipinski definition) is 10. The first-order valence-corrected chi connectivity index (χ1v) is 29.8. The molecule has 8 atom stereocenters. The largest absolute Gasteiger partial charge is 0.423 e. The smallest absolute Gasteiger partial charge is 0.343 e. The molecule has 4 N–H and O–H groups in total. The van der Waals surface area contributed by atoms with Crippen LogP contribution in [0.2, 0.25) is 0 Å². The van der Waals surface area contributed by atoms with Crippen molar-refractivity contribution in [2.75, 3.05) is 0 Å². The molecule has 4 fully saturated rings. The summed E-state index contributed by atoms with van der Waals surface area (Å²) in [6.07, 6.45) is 42.3. The number of carbonyl (C=O) groups excluding carboxylic acids is 2. The average Bonchev–Trinajstić information content (AvgIpc) is 1.53. The highest BCUT2D eigenvalue weighted by atomic mass is 16.6. The van der Waals surface area contributed by atoms with E-state index in [0.717, 1.165) is 46.3 Å². The molecule has 8 unspecified atom stereocenters. The summed E-state index contributed by atoms with van der Waals surface area (Å²) in [5.74, 6) is 13.5. The number of fused-ring (bicyclic) bond motifs is 2. The molecule has 8 aliphatic rings. The Morgan fingerprint density at radius 2 is 0.833 bits per heavy atom. The van der Waals surface area contributed by atoms with Crippen LogP contribution in [0, 0.1) is 45.3 Å². The molecule has 2 saturated heterocycles. The van der Waals surface area contributed by atoms with Crippen LogP contribution in [-0.2, 0) is 28.5 Å². The number of aliphatic hydroxyl groups excluding tert-OH is 4. The third-order valence-electron chi connectivity index (χ3n) is 17.9. The summed E-state index contributed by atoms with van der Waals surface area (Å²) in [5, 5.41) is 40.6. The van der Waals surface area contributed by atoms with Gasteiger partial charge in [-0.3, -0.25) is 0 Å². The minimum Gasteiger partial charge on any atom is -0.423 e. The molecule has 2 saturated carbocycles. The standard InChI is InChI=1S/2C37H46O5/c2*1-25(15-16-32-27(3)20-29(38)22-34(32,4)5)13-11-9-10-12-14-26(2)19-31-21-28(33(40)41-31)17-18-37-35(6,7)23-30(39)24-36(37,8)42-37/h2*9-14,17-19,21,29-30,38-39H,20,22-24H2,1-8H3/b2*11-9+,12-10+,18-17+,25-13+,26-14+,31-19-. The van der Waals surface area contributed by atoms with Gasteiger partial charge in [0.25, 0.3) is 0 Å². The van der Waals surface area contributed by atoms with Gasteiger partial charge in [-0.05, 0) is 165 Å². The minimum absolute atomic E-state index is 0.108. The molecule has 8 rings (SSSR count). The van der Waals surface area contributed by atoms with Gasteiger partial charge in [0.05, 0.1) is 35.6 Å². The highest BCUT2D eigenvalue weighted by Gasteiger charge is 2.75. The molecule has 0 spiro atoms. The third kappa shape index (κ3) is 15.0. The first-order chi connectivity index (χ1) is 39.1. The molecule has 0 aromatic carbocycles. The van der Waals surface area contributed by atoms with Gasteiger partial charge in [-0.1, -0.05) is 163 Å². The van der Waals surface area contributed by atoms with Gasteiger partial charge in [0.1, 0.15) is 33.9 Å². The summed E-state index contributed by atoms with van der Waals surface area (Å²) in [6, 6.07) is 0. The van der Waals surface area contributed by atoms with Gasteiger partial charge in [0.2, 0.25) is 0 Å². The van der Waals surface area contributed by atoms with Crippen LogP contribution in [0.25, 0.3) is 0 Å². The molecule has 4 aliphatic carbocycles. The maximum absolute atomic E-state index is 12.5. The molecule has 0 amide bonds. The third-order valence-corrected chi connectivity index (χ3v) is 17.9. The van der Waals surface area contributed by atoms with Crippen LogP contribution in [0.5, 0.6) is 0 Å². The Bertz CT molecular complexity index is 3070. The summed E-state index contributed by atoms with van der Waals surface area (Å²) in [5.41, 5.74) is 6.94. The lowest BCUT2D eigenvalue weighted by molar-refractivity contribution is -0.133.